The van der Waals surface area contributed by atoms with E-state index in [4.69, 9.17) is 4.74 Å². The average molecular weight is 293 g/mol. The summed E-state index contributed by atoms with van der Waals surface area (Å²) in [7, 11) is 0. The van der Waals surface area contributed by atoms with Crippen molar-refractivity contribution in [2.75, 3.05) is 0 Å². The van der Waals surface area contributed by atoms with Gasteiger partial charge in [0.15, 0.2) is 0 Å². The first-order valence-corrected chi connectivity index (χ1v) is 8.45. The SMILES string of the molecule is CCCC1CCC(C#N)(C2(O)CC(C)(C)OC2(C)C)CC1. The van der Waals surface area contributed by atoms with E-state index in [-0.39, 0.29) is 5.60 Å². The van der Waals surface area contributed by atoms with Gasteiger partial charge in [-0.05, 0) is 59.3 Å². The van der Waals surface area contributed by atoms with Crippen molar-refractivity contribution in [2.24, 2.45) is 11.3 Å². The lowest BCUT2D eigenvalue weighted by atomic mass is 9.56. The minimum Gasteiger partial charge on any atom is -0.385 e. The highest BCUT2D eigenvalue weighted by molar-refractivity contribution is 5.22. The van der Waals surface area contributed by atoms with E-state index < -0.39 is 16.6 Å². The molecule has 3 heteroatoms. The number of rotatable bonds is 3. The summed E-state index contributed by atoms with van der Waals surface area (Å²) in [4.78, 5) is 0. The molecule has 0 bridgehead atoms. The zero-order valence-electron chi connectivity index (χ0n) is 14.3. The maximum Gasteiger partial charge on any atom is 0.114 e. The van der Waals surface area contributed by atoms with Crippen molar-refractivity contribution < 1.29 is 9.84 Å². The summed E-state index contributed by atoms with van der Waals surface area (Å²) in [6.07, 6.45) is 6.70. The van der Waals surface area contributed by atoms with Gasteiger partial charge >= 0.3 is 0 Å². The second kappa shape index (κ2) is 5.25. The number of nitrogens with zero attached hydrogens (tertiary/aromatic N) is 1. The summed E-state index contributed by atoms with van der Waals surface area (Å²) in [5.41, 5.74) is -2.77. The van der Waals surface area contributed by atoms with Crippen LogP contribution in [0, 0.1) is 22.7 Å². The van der Waals surface area contributed by atoms with Gasteiger partial charge in [-0.3, -0.25) is 0 Å². The third-order valence-electron chi connectivity index (χ3n) is 5.87. The molecule has 2 aliphatic rings. The molecule has 1 N–H and O–H groups in total. The van der Waals surface area contributed by atoms with Crippen LogP contribution in [-0.4, -0.2) is 21.9 Å². The van der Waals surface area contributed by atoms with Crippen molar-refractivity contribution in [3.8, 4) is 6.07 Å². The third kappa shape index (κ3) is 2.62. The van der Waals surface area contributed by atoms with Gasteiger partial charge in [-0.25, -0.2) is 0 Å². The first-order valence-electron chi connectivity index (χ1n) is 8.45. The van der Waals surface area contributed by atoms with Gasteiger partial charge in [0.05, 0.1) is 22.7 Å². The molecule has 1 saturated heterocycles. The molecule has 0 spiro atoms. The van der Waals surface area contributed by atoms with Crippen molar-refractivity contribution in [3.05, 3.63) is 0 Å². The number of nitriles is 1. The number of aliphatic hydroxyl groups is 1. The Balaban J connectivity index is 2.28. The molecule has 1 unspecified atom stereocenters. The molecule has 0 aromatic carbocycles. The maximum atomic E-state index is 11.5. The Hall–Kier alpha value is -0.590. The Bertz CT molecular complexity index is 427. The van der Waals surface area contributed by atoms with Crippen molar-refractivity contribution >= 4 is 0 Å². The molecule has 1 atom stereocenters. The molecule has 0 radical (unpaired) electrons. The lowest BCUT2D eigenvalue weighted by Crippen LogP contribution is -2.59. The molecule has 21 heavy (non-hydrogen) atoms. The van der Waals surface area contributed by atoms with Crippen LogP contribution in [0.15, 0.2) is 0 Å². The molecular formula is C18H31NO2. The topological polar surface area (TPSA) is 53.2 Å². The van der Waals surface area contributed by atoms with Crippen LogP contribution in [0.2, 0.25) is 0 Å². The fourth-order valence-electron chi connectivity index (χ4n) is 4.87. The van der Waals surface area contributed by atoms with Gasteiger partial charge in [-0.15, -0.1) is 0 Å². The van der Waals surface area contributed by atoms with Gasteiger partial charge < -0.3 is 9.84 Å². The largest absolute Gasteiger partial charge is 0.385 e. The smallest absolute Gasteiger partial charge is 0.114 e. The second-order valence-electron chi connectivity index (χ2n) is 8.34. The third-order valence-corrected chi connectivity index (χ3v) is 5.87. The van der Waals surface area contributed by atoms with Crippen LogP contribution < -0.4 is 0 Å². The predicted octanol–water partition coefficient (Wildman–Crippen LogP) is 4.20. The zero-order valence-corrected chi connectivity index (χ0v) is 14.3. The first-order chi connectivity index (χ1) is 9.61. The van der Waals surface area contributed by atoms with Crippen molar-refractivity contribution in [1.29, 1.82) is 5.26 Å². The first kappa shape index (κ1) is 16.8. The summed E-state index contributed by atoms with van der Waals surface area (Å²) < 4.78 is 6.11. The quantitative estimate of drug-likeness (QED) is 0.848. The van der Waals surface area contributed by atoms with E-state index in [0.717, 1.165) is 31.6 Å². The molecule has 1 aliphatic heterocycles. The molecule has 1 aliphatic carbocycles. The molecule has 0 aromatic heterocycles. The summed E-state index contributed by atoms with van der Waals surface area (Å²) in [6.45, 7) is 10.1. The highest BCUT2D eigenvalue weighted by Gasteiger charge is 2.66. The molecule has 2 fully saturated rings. The molecule has 1 saturated carbocycles. The zero-order chi connectivity index (χ0) is 15.9. The molecule has 120 valence electrons. The van der Waals surface area contributed by atoms with Crippen LogP contribution in [0.4, 0.5) is 0 Å². The Labute approximate surface area is 129 Å². The molecular weight excluding hydrogens is 262 g/mol. The van der Waals surface area contributed by atoms with Gasteiger partial charge in [0.2, 0.25) is 0 Å². The molecule has 0 aromatic rings. The Morgan fingerprint density at radius 2 is 1.76 bits per heavy atom. The van der Waals surface area contributed by atoms with E-state index >= 15 is 0 Å². The van der Waals surface area contributed by atoms with E-state index in [9.17, 15) is 10.4 Å². The van der Waals surface area contributed by atoms with E-state index in [1.807, 2.05) is 27.7 Å². The monoisotopic (exact) mass is 293 g/mol. The highest BCUT2D eigenvalue weighted by Crippen LogP contribution is 2.58. The predicted molar refractivity (Wildman–Crippen MR) is 83.7 cm³/mol. The van der Waals surface area contributed by atoms with Gasteiger partial charge in [-0.1, -0.05) is 19.8 Å². The summed E-state index contributed by atoms with van der Waals surface area (Å²) >= 11 is 0. The standard InChI is InChI=1S/C18H31NO2/c1-6-7-14-8-10-17(13-19,11-9-14)18(20)12-15(2,3)21-16(18,4)5/h14,20H,6-12H2,1-5H3. The second-order valence-corrected chi connectivity index (χ2v) is 8.34. The Kier molecular flexibility index (Phi) is 4.19. The molecule has 2 rings (SSSR count). The number of hydrogen-bond donors (Lipinski definition) is 1. The minimum absolute atomic E-state index is 0.373. The summed E-state index contributed by atoms with van der Waals surface area (Å²) in [5.74, 6) is 0.721. The average Bonchev–Trinajstić information content (AvgIpc) is 2.55. The van der Waals surface area contributed by atoms with Gasteiger partial charge in [0.1, 0.15) is 5.60 Å². The molecule has 3 nitrogen and oxygen atoms in total. The van der Waals surface area contributed by atoms with Gasteiger partial charge in [-0.2, -0.15) is 5.26 Å². The van der Waals surface area contributed by atoms with Crippen LogP contribution in [-0.2, 0) is 4.74 Å². The number of ether oxygens (including phenoxy) is 1. The molecule has 0 amide bonds. The normalized spacial score (nSPS) is 41.7. The fraction of sp³-hybridized carbons (Fsp3) is 0.944. The van der Waals surface area contributed by atoms with E-state index in [0.29, 0.717) is 6.42 Å². The van der Waals surface area contributed by atoms with E-state index in [1.54, 1.807) is 0 Å². The Morgan fingerprint density at radius 1 is 1.19 bits per heavy atom. The minimum atomic E-state index is -1.06. The van der Waals surface area contributed by atoms with Crippen LogP contribution in [0.5, 0.6) is 0 Å². The van der Waals surface area contributed by atoms with Crippen LogP contribution in [0.3, 0.4) is 0 Å². The fourth-order valence-corrected chi connectivity index (χ4v) is 4.87. The lowest BCUT2D eigenvalue weighted by molar-refractivity contribution is -0.173. The van der Waals surface area contributed by atoms with Gasteiger partial charge in [0.25, 0.3) is 0 Å². The lowest BCUT2D eigenvalue weighted by Gasteiger charge is -2.49. The molecule has 1 heterocycles. The van der Waals surface area contributed by atoms with Crippen molar-refractivity contribution in [1.82, 2.24) is 0 Å². The summed E-state index contributed by atoms with van der Waals surface area (Å²) in [5, 5.41) is 21.4. The van der Waals surface area contributed by atoms with Crippen molar-refractivity contribution in [3.63, 3.8) is 0 Å². The Morgan fingerprint density at radius 3 is 2.14 bits per heavy atom. The van der Waals surface area contributed by atoms with Crippen molar-refractivity contribution in [2.45, 2.75) is 96.4 Å². The highest BCUT2D eigenvalue weighted by atomic mass is 16.5. The van der Waals surface area contributed by atoms with Crippen LogP contribution in [0.25, 0.3) is 0 Å². The van der Waals surface area contributed by atoms with Crippen LogP contribution in [0.1, 0.15) is 79.6 Å². The summed E-state index contributed by atoms with van der Waals surface area (Å²) in [6, 6.07) is 2.53. The van der Waals surface area contributed by atoms with Crippen LogP contribution >= 0.6 is 0 Å². The van der Waals surface area contributed by atoms with E-state index in [1.165, 1.54) is 12.8 Å². The number of hydrogen-bond acceptors (Lipinski definition) is 3. The van der Waals surface area contributed by atoms with E-state index in [2.05, 4.69) is 13.0 Å². The van der Waals surface area contributed by atoms with Gasteiger partial charge in [0, 0.05) is 6.42 Å². The maximum absolute atomic E-state index is 11.5.